The summed E-state index contributed by atoms with van der Waals surface area (Å²) in [5.41, 5.74) is 2.66. The molecule has 2 aromatic rings. The summed E-state index contributed by atoms with van der Waals surface area (Å²) >= 11 is 3.75. The second-order valence-corrected chi connectivity index (χ2v) is 6.62. The lowest BCUT2D eigenvalue weighted by molar-refractivity contribution is 0.728. The van der Waals surface area contributed by atoms with Gasteiger partial charge in [0.2, 0.25) is 0 Å². The van der Waals surface area contributed by atoms with Crippen molar-refractivity contribution in [2.45, 2.75) is 22.3 Å². The average molecular weight is 287 g/mol. The zero-order chi connectivity index (χ0) is 13.1. The maximum absolute atomic E-state index is 3.69. The van der Waals surface area contributed by atoms with Crippen molar-refractivity contribution >= 4 is 29.2 Å². The molecule has 98 valence electrons. The van der Waals surface area contributed by atoms with Crippen LogP contribution in [-0.2, 0) is 0 Å². The maximum atomic E-state index is 3.69. The Bertz CT molecular complexity index is 568. The molecule has 19 heavy (non-hydrogen) atoms. The highest BCUT2D eigenvalue weighted by molar-refractivity contribution is 7.99. The van der Waals surface area contributed by atoms with Gasteiger partial charge in [-0.3, -0.25) is 0 Å². The number of fused-ring (bicyclic) bond motifs is 1. The fourth-order valence-electron chi connectivity index (χ4n) is 2.41. The lowest BCUT2D eigenvalue weighted by Crippen LogP contribution is -2.15. The molecule has 0 saturated heterocycles. The zero-order valence-corrected chi connectivity index (χ0v) is 12.6. The molecule has 1 N–H and O–H groups in total. The molecule has 2 aromatic carbocycles. The Morgan fingerprint density at radius 2 is 2.05 bits per heavy atom. The van der Waals surface area contributed by atoms with E-state index in [-0.39, 0.29) is 0 Å². The lowest BCUT2D eigenvalue weighted by atomic mass is 10.0. The van der Waals surface area contributed by atoms with Crippen LogP contribution >= 0.6 is 23.5 Å². The molecule has 1 nitrogen and oxygen atoms in total. The molecule has 0 saturated carbocycles. The van der Waals surface area contributed by atoms with Crippen molar-refractivity contribution in [3.63, 3.8) is 0 Å². The van der Waals surface area contributed by atoms with Crippen LogP contribution in [0.5, 0.6) is 0 Å². The van der Waals surface area contributed by atoms with Crippen LogP contribution in [0.3, 0.4) is 0 Å². The Morgan fingerprint density at radius 1 is 1.16 bits per heavy atom. The molecule has 0 amide bonds. The first kappa shape index (κ1) is 12.9. The normalized spacial score (nSPS) is 17.8. The third-order valence-electron chi connectivity index (χ3n) is 3.37. The molecule has 3 heteroatoms. The van der Waals surface area contributed by atoms with Gasteiger partial charge in [-0.2, -0.15) is 0 Å². The average Bonchev–Trinajstić information content (AvgIpc) is 2.48. The minimum Gasteiger partial charge on any atom is -0.378 e. The number of benzene rings is 2. The molecule has 1 aliphatic heterocycles. The van der Waals surface area contributed by atoms with E-state index in [1.54, 1.807) is 11.8 Å². The lowest BCUT2D eigenvalue weighted by Gasteiger charge is -2.26. The van der Waals surface area contributed by atoms with Crippen LogP contribution in [0.25, 0.3) is 0 Å². The summed E-state index contributed by atoms with van der Waals surface area (Å²) in [4.78, 5) is 2.73. The first-order valence-corrected chi connectivity index (χ1v) is 8.70. The van der Waals surface area contributed by atoms with Crippen molar-refractivity contribution in [1.29, 1.82) is 0 Å². The van der Waals surface area contributed by atoms with Gasteiger partial charge >= 0.3 is 0 Å². The molecule has 1 aliphatic rings. The van der Waals surface area contributed by atoms with E-state index in [1.807, 2.05) is 11.8 Å². The third kappa shape index (κ3) is 2.93. The minimum atomic E-state index is 0.439. The first-order valence-electron chi connectivity index (χ1n) is 6.49. The summed E-state index contributed by atoms with van der Waals surface area (Å²) in [5, 5.41) is 3.69. The Hall–Kier alpha value is -1.06. The van der Waals surface area contributed by atoms with Crippen molar-refractivity contribution in [2.24, 2.45) is 0 Å². The van der Waals surface area contributed by atoms with E-state index >= 15 is 0 Å². The first-order chi connectivity index (χ1) is 9.36. The number of nitrogens with one attached hydrogen (secondary N) is 1. The van der Waals surface area contributed by atoms with E-state index in [0.717, 1.165) is 0 Å². The Labute approximate surface area is 123 Å². The molecule has 0 fully saturated rings. The van der Waals surface area contributed by atoms with Crippen molar-refractivity contribution in [3.05, 3.63) is 54.1 Å². The standard InChI is InChI=1S/C16H17NS2/c1-18-13-6-4-5-12(11-13)17-15-9-10-19-16-8-3-2-7-14(15)16/h2-8,11,15,17H,9-10H2,1H3. The van der Waals surface area contributed by atoms with Gasteiger partial charge < -0.3 is 5.32 Å². The molecular weight excluding hydrogens is 270 g/mol. The Kier molecular flexibility index (Phi) is 4.04. The summed E-state index contributed by atoms with van der Waals surface area (Å²) in [6.07, 6.45) is 3.30. The fourth-order valence-corrected chi connectivity index (χ4v) is 3.99. The second kappa shape index (κ2) is 5.93. The van der Waals surface area contributed by atoms with Gasteiger partial charge in [0.05, 0.1) is 6.04 Å². The van der Waals surface area contributed by atoms with Crippen LogP contribution in [0.1, 0.15) is 18.0 Å². The van der Waals surface area contributed by atoms with E-state index in [2.05, 4.69) is 60.1 Å². The van der Waals surface area contributed by atoms with Crippen LogP contribution in [0.15, 0.2) is 58.3 Å². The predicted octanol–water partition coefficient (Wildman–Crippen LogP) is 5.06. The maximum Gasteiger partial charge on any atom is 0.0532 e. The van der Waals surface area contributed by atoms with Gasteiger partial charge in [0.25, 0.3) is 0 Å². The summed E-state index contributed by atoms with van der Waals surface area (Å²) < 4.78 is 0. The summed E-state index contributed by atoms with van der Waals surface area (Å²) in [6, 6.07) is 17.8. The smallest absolute Gasteiger partial charge is 0.0532 e. The van der Waals surface area contributed by atoms with Crippen molar-refractivity contribution in [1.82, 2.24) is 0 Å². The van der Waals surface area contributed by atoms with Gasteiger partial charge in [-0.1, -0.05) is 24.3 Å². The number of rotatable bonds is 3. The monoisotopic (exact) mass is 287 g/mol. The van der Waals surface area contributed by atoms with Crippen molar-refractivity contribution in [3.8, 4) is 0 Å². The van der Waals surface area contributed by atoms with Gasteiger partial charge in [0, 0.05) is 21.2 Å². The largest absolute Gasteiger partial charge is 0.378 e. The number of anilines is 1. The summed E-state index contributed by atoms with van der Waals surface area (Å²) in [6.45, 7) is 0. The zero-order valence-electron chi connectivity index (χ0n) is 10.9. The highest BCUT2D eigenvalue weighted by atomic mass is 32.2. The molecule has 0 aromatic heterocycles. The quantitative estimate of drug-likeness (QED) is 0.793. The SMILES string of the molecule is CSc1cccc(NC2CCSc3ccccc32)c1. The Morgan fingerprint density at radius 3 is 2.95 bits per heavy atom. The van der Waals surface area contributed by atoms with E-state index < -0.39 is 0 Å². The molecule has 1 atom stereocenters. The minimum absolute atomic E-state index is 0.439. The highest BCUT2D eigenvalue weighted by Crippen LogP contribution is 2.37. The molecule has 3 rings (SSSR count). The van der Waals surface area contributed by atoms with E-state index in [9.17, 15) is 0 Å². The van der Waals surface area contributed by atoms with Crippen molar-refractivity contribution < 1.29 is 0 Å². The Balaban J connectivity index is 1.84. The van der Waals surface area contributed by atoms with Crippen LogP contribution < -0.4 is 5.32 Å². The molecule has 0 aliphatic carbocycles. The van der Waals surface area contributed by atoms with E-state index in [4.69, 9.17) is 0 Å². The van der Waals surface area contributed by atoms with Gasteiger partial charge in [0.15, 0.2) is 0 Å². The topological polar surface area (TPSA) is 12.0 Å². The van der Waals surface area contributed by atoms with Gasteiger partial charge in [-0.05, 0) is 42.5 Å². The predicted molar refractivity (Wildman–Crippen MR) is 86.4 cm³/mol. The number of thioether (sulfide) groups is 2. The van der Waals surface area contributed by atoms with Gasteiger partial charge in [-0.15, -0.1) is 23.5 Å². The van der Waals surface area contributed by atoms with Gasteiger partial charge in [0.1, 0.15) is 0 Å². The second-order valence-electron chi connectivity index (χ2n) is 4.60. The molecular formula is C16H17NS2. The van der Waals surface area contributed by atoms with Crippen LogP contribution in [0.4, 0.5) is 5.69 Å². The molecule has 0 bridgehead atoms. The number of hydrogen-bond acceptors (Lipinski definition) is 3. The summed E-state index contributed by atoms with van der Waals surface area (Å²) in [7, 11) is 0. The highest BCUT2D eigenvalue weighted by Gasteiger charge is 2.19. The fraction of sp³-hybridized carbons (Fsp3) is 0.250. The summed E-state index contributed by atoms with van der Waals surface area (Å²) in [5.74, 6) is 1.19. The molecule has 1 unspecified atom stereocenters. The van der Waals surface area contributed by atoms with Crippen LogP contribution in [0.2, 0.25) is 0 Å². The van der Waals surface area contributed by atoms with E-state index in [0.29, 0.717) is 6.04 Å². The number of hydrogen-bond donors (Lipinski definition) is 1. The van der Waals surface area contributed by atoms with Crippen LogP contribution in [0, 0.1) is 0 Å². The molecule has 0 radical (unpaired) electrons. The van der Waals surface area contributed by atoms with Gasteiger partial charge in [-0.25, -0.2) is 0 Å². The molecule has 1 heterocycles. The van der Waals surface area contributed by atoms with E-state index in [1.165, 1.54) is 33.2 Å². The van der Waals surface area contributed by atoms with Crippen molar-refractivity contribution in [2.75, 3.05) is 17.3 Å². The third-order valence-corrected chi connectivity index (χ3v) is 5.22. The molecule has 0 spiro atoms. The van der Waals surface area contributed by atoms with Crippen LogP contribution in [-0.4, -0.2) is 12.0 Å².